The zero-order valence-corrected chi connectivity index (χ0v) is 10.3. The number of nitro groups is 1. The maximum absolute atomic E-state index is 10.6. The van der Waals surface area contributed by atoms with Crippen LogP contribution in [0.25, 0.3) is 0 Å². The molecule has 0 amide bonds. The van der Waals surface area contributed by atoms with Crippen molar-refractivity contribution in [3.8, 4) is 0 Å². The average molecular weight is 266 g/mol. The standard InChI is InChI=1S/C9H10N6O2S/c1-2-5-3-11-8(13-5)18-9-12-4-6(15(16)17)7(10)14-9/h3-4H,2H2,1H3,(H,11,13)(H2,10,12,14). The minimum atomic E-state index is -0.619. The molecule has 0 saturated heterocycles. The number of nitrogens with one attached hydrogen (secondary N) is 1. The molecule has 0 aliphatic heterocycles. The zero-order valence-electron chi connectivity index (χ0n) is 9.45. The number of rotatable bonds is 4. The van der Waals surface area contributed by atoms with E-state index in [9.17, 15) is 10.1 Å². The molecule has 0 aliphatic rings. The van der Waals surface area contributed by atoms with Crippen LogP contribution in [0.2, 0.25) is 0 Å². The molecule has 3 N–H and O–H groups in total. The molecule has 9 heteroatoms. The fourth-order valence-corrected chi connectivity index (χ4v) is 1.93. The number of aromatic nitrogens is 4. The van der Waals surface area contributed by atoms with Crippen LogP contribution in [0.15, 0.2) is 22.7 Å². The Kier molecular flexibility index (Phi) is 3.42. The highest BCUT2D eigenvalue weighted by Gasteiger charge is 2.15. The minimum Gasteiger partial charge on any atom is -0.378 e. The number of anilines is 1. The number of nitrogens with zero attached hydrogens (tertiary/aromatic N) is 4. The summed E-state index contributed by atoms with van der Waals surface area (Å²) in [6.07, 6.45) is 3.65. The Bertz CT molecular complexity index is 584. The van der Waals surface area contributed by atoms with E-state index in [1.54, 1.807) is 6.20 Å². The average Bonchev–Trinajstić information content (AvgIpc) is 2.76. The number of nitrogen functional groups attached to an aromatic ring is 1. The number of H-pyrrole nitrogens is 1. The van der Waals surface area contributed by atoms with Crippen molar-refractivity contribution in [2.24, 2.45) is 0 Å². The number of aryl methyl sites for hydroxylation is 1. The maximum Gasteiger partial charge on any atom is 0.329 e. The van der Waals surface area contributed by atoms with Gasteiger partial charge in [-0.05, 0) is 18.2 Å². The minimum absolute atomic E-state index is 0.153. The molecule has 0 aromatic carbocycles. The summed E-state index contributed by atoms with van der Waals surface area (Å²) in [6, 6.07) is 0. The van der Waals surface area contributed by atoms with Gasteiger partial charge in [-0.25, -0.2) is 9.97 Å². The van der Waals surface area contributed by atoms with E-state index >= 15 is 0 Å². The SMILES string of the molecule is CCc1cnc(Sc2ncc([N+](=O)[O-])c(N)n2)[nH]1. The highest BCUT2D eigenvalue weighted by atomic mass is 32.2. The molecule has 0 saturated carbocycles. The zero-order chi connectivity index (χ0) is 13.1. The summed E-state index contributed by atoms with van der Waals surface area (Å²) in [5, 5.41) is 11.5. The van der Waals surface area contributed by atoms with Crippen LogP contribution in [0.4, 0.5) is 11.5 Å². The largest absolute Gasteiger partial charge is 0.378 e. The van der Waals surface area contributed by atoms with Crippen LogP contribution < -0.4 is 5.73 Å². The number of nitrogens with two attached hydrogens (primary N) is 1. The number of imidazole rings is 1. The Balaban J connectivity index is 2.19. The smallest absolute Gasteiger partial charge is 0.329 e. The van der Waals surface area contributed by atoms with Gasteiger partial charge in [0.15, 0.2) is 10.3 Å². The van der Waals surface area contributed by atoms with Gasteiger partial charge in [0.2, 0.25) is 5.82 Å². The van der Waals surface area contributed by atoms with Crippen molar-refractivity contribution in [3.05, 3.63) is 28.2 Å². The first-order valence-corrected chi connectivity index (χ1v) is 5.90. The van der Waals surface area contributed by atoms with Crippen LogP contribution in [0.5, 0.6) is 0 Å². The van der Waals surface area contributed by atoms with Crippen LogP contribution in [0.3, 0.4) is 0 Å². The second kappa shape index (κ2) is 5.00. The molecule has 2 rings (SSSR count). The summed E-state index contributed by atoms with van der Waals surface area (Å²) in [6.45, 7) is 2.00. The molecule has 0 fully saturated rings. The summed E-state index contributed by atoms with van der Waals surface area (Å²) in [4.78, 5) is 24.8. The van der Waals surface area contributed by atoms with E-state index in [2.05, 4.69) is 19.9 Å². The third kappa shape index (κ3) is 2.56. The molecule has 0 unspecified atom stereocenters. The van der Waals surface area contributed by atoms with Gasteiger partial charge in [-0.1, -0.05) is 6.92 Å². The van der Waals surface area contributed by atoms with Crippen LogP contribution in [-0.4, -0.2) is 24.9 Å². The summed E-state index contributed by atoms with van der Waals surface area (Å²) >= 11 is 1.17. The topological polar surface area (TPSA) is 124 Å². The first kappa shape index (κ1) is 12.3. The predicted octanol–water partition coefficient (Wildman–Crippen LogP) is 1.40. The fourth-order valence-electron chi connectivity index (χ4n) is 1.22. The van der Waals surface area contributed by atoms with Crippen molar-refractivity contribution < 1.29 is 4.92 Å². The molecule has 18 heavy (non-hydrogen) atoms. The monoisotopic (exact) mass is 266 g/mol. The van der Waals surface area contributed by atoms with Gasteiger partial charge in [-0.15, -0.1) is 0 Å². The lowest BCUT2D eigenvalue weighted by Crippen LogP contribution is -2.01. The molecule has 94 valence electrons. The van der Waals surface area contributed by atoms with Crippen molar-refractivity contribution >= 4 is 23.3 Å². The Hall–Kier alpha value is -2.16. The molecular formula is C9H10N6O2S. The van der Waals surface area contributed by atoms with Crippen molar-refractivity contribution in [3.63, 3.8) is 0 Å². The Morgan fingerprint density at radius 1 is 1.50 bits per heavy atom. The van der Waals surface area contributed by atoms with Crippen LogP contribution >= 0.6 is 11.8 Å². The number of hydrogen-bond donors (Lipinski definition) is 2. The highest BCUT2D eigenvalue weighted by Crippen LogP contribution is 2.25. The normalized spacial score (nSPS) is 10.5. The van der Waals surface area contributed by atoms with Gasteiger partial charge in [0, 0.05) is 11.9 Å². The van der Waals surface area contributed by atoms with Gasteiger partial charge in [-0.3, -0.25) is 10.1 Å². The lowest BCUT2D eigenvalue weighted by atomic mass is 10.4. The van der Waals surface area contributed by atoms with E-state index in [1.165, 1.54) is 11.8 Å². The first-order valence-electron chi connectivity index (χ1n) is 5.08. The third-order valence-corrected chi connectivity index (χ3v) is 2.93. The number of hydrogen-bond acceptors (Lipinski definition) is 7. The van der Waals surface area contributed by atoms with E-state index < -0.39 is 4.92 Å². The molecule has 2 aromatic heterocycles. The molecule has 0 bridgehead atoms. The molecular weight excluding hydrogens is 256 g/mol. The Labute approximate surface area is 106 Å². The van der Waals surface area contributed by atoms with Crippen molar-refractivity contribution in [2.45, 2.75) is 23.7 Å². The van der Waals surface area contributed by atoms with E-state index in [4.69, 9.17) is 5.73 Å². The van der Waals surface area contributed by atoms with E-state index in [0.29, 0.717) is 10.3 Å². The summed E-state index contributed by atoms with van der Waals surface area (Å²) < 4.78 is 0. The van der Waals surface area contributed by atoms with E-state index in [1.807, 2.05) is 6.92 Å². The molecule has 0 spiro atoms. The molecule has 2 aromatic rings. The molecule has 0 aliphatic carbocycles. The molecule has 0 atom stereocenters. The van der Waals surface area contributed by atoms with Crippen LogP contribution in [0, 0.1) is 10.1 Å². The molecule has 2 heterocycles. The second-order valence-corrected chi connectivity index (χ2v) is 4.31. The van der Waals surface area contributed by atoms with Gasteiger partial charge in [0.25, 0.3) is 0 Å². The maximum atomic E-state index is 10.6. The van der Waals surface area contributed by atoms with Gasteiger partial charge in [0.05, 0.1) is 4.92 Å². The summed E-state index contributed by atoms with van der Waals surface area (Å²) in [5.41, 5.74) is 6.17. The predicted molar refractivity (Wildman–Crippen MR) is 65.2 cm³/mol. The van der Waals surface area contributed by atoms with Gasteiger partial charge < -0.3 is 10.7 Å². The molecule has 0 radical (unpaired) electrons. The summed E-state index contributed by atoms with van der Waals surface area (Å²) in [5.74, 6) is -0.153. The number of aromatic amines is 1. The fraction of sp³-hybridized carbons (Fsp3) is 0.222. The quantitative estimate of drug-likeness (QED) is 0.487. The van der Waals surface area contributed by atoms with E-state index in [-0.39, 0.29) is 11.5 Å². The van der Waals surface area contributed by atoms with Gasteiger partial charge in [0.1, 0.15) is 6.20 Å². The van der Waals surface area contributed by atoms with Crippen LogP contribution in [-0.2, 0) is 6.42 Å². The lowest BCUT2D eigenvalue weighted by Gasteiger charge is -1.98. The van der Waals surface area contributed by atoms with Crippen molar-refractivity contribution in [2.75, 3.05) is 5.73 Å². The third-order valence-electron chi connectivity index (χ3n) is 2.15. The van der Waals surface area contributed by atoms with Crippen LogP contribution in [0.1, 0.15) is 12.6 Å². The summed E-state index contributed by atoms with van der Waals surface area (Å²) in [7, 11) is 0. The highest BCUT2D eigenvalue weighted by molar-refractivity contribution is 7.99. The van der Waals surface area contributed by atoms with E-state index in [0.717, 1.165) is 18.3 Å². The lowest BCUT2D eigenvalue weighted by molar-refractivity contribution is -0.384. The van der Waals surface area contributed by atoms with Gasteiger partial charge >= 0.3 is 5.69 Å². The Morgan fingerprint density at radius 3 is 2.83 bits per heavy atom. The van der Waals surface area contributed by atoms with Crippen molar-refractivity contribution in [1.29, 1.82) is 0 Å². The second-order valence-electron chi connectivity index (χ2n) is 3.35. The van der Waals surface area contributed by atoms with Crippen molar-refractivity contribution in [1.82, 2.24) is 19.9 Å². The first-order chi connectivity index (χ1) is 8.60. The Morgan fingerprint density at radius 2 is 2.28 bits per heavy atom. The molecule has 8 nitrogen and oxygen atoms in total. The van der Waals surface area contributed by atoms with Gasteiger partial charge in [-0.2, -0.15) is 4.98 Å².